The van der Waals surface area contributed by atoms with Gasteiger partial charge in [0, 0.05) is 17.3 Å². The third-order valence-corrected chi connectivity index (χ3v) is 3.47. The van der Waals surface area contributed by atoms with E-state index in [1.807, 2.05) is 25.1 Å². The minimum Gasteiger partial charge on any atom is -0.508 e. The van der Waals surface area contributed by atoms with Crippen LogP contribution in [0.1, 0.15) is 21.5 Å². The van der Waals surface area contributed by atoms with E-state index in [0.29, 0.717) is 11.3 Å². The molecule has 0 aliphatic carbocycles. The first kappa shape index (κ1) is 16.3. The SMILES string of the molecule is C=C/C=C(\C=C)c1ccc(C(=O)Nc2cc(O)ccc2C)cc1. The summed E-state index contributed by atoms with van der Waals surface area (Å²) in [5, 5.41) is 12.3. The van der Waals surface area contributed by atoms with Crippen molar-refractivity contribution in [3.63, 3.8) is 0 Å². The normalized spacial score (nSPS) is 10.9. The second-order valence-electron chi connectivity index (χ2n) is 5.09. The molecule has 1 amide bonds. The Labute approximate surface area is 136 Å². The number of phenols is 1. The molecule has 0 saturated heterocycles. The van der Waals surface area contributed by atoms with Crippen LogP contribution < -0.4 is 5.32 Å². The third kappa shape index (κ3) is 3.98. The number of allylic oxidation sites excluding steroid dienone is 4. The van der Waals surface area contributed by atoms with Gasteiger partial charge in [0.05, 0.1) is 0 Å². The molecule has 0 aliphatic rings. The fourth-order valence-corrected chi connectivity index (χ4v) is 2.16. The number of rotatable bonds is 5. The van der Waals surface area contributed by atoms with Gasteiger partial charge in [-0.2, -0.15) is 0 Å². The number of aromatic hydroxyl groups is 1. The predicted octanol–water partition coefficient (Wildman–Crippen LogP) is 4.71. The highest BCUT2D eigenvalue weighted by atomic mass is 16.3. The third-order valence-electron chi connectivity index (χ3n) is 3.47. The number of hydrogen-bond donors (Lipinski definition) is 2. The van der Waals surface area contributed by atoms with Crippen LogP contribution in [0.5, 0.6) is 5.75 Å². The molecule has 2 N–H and O–H groups in total. The number of nitrogens with one attached hydrogen (secondary N) is 1. The van der Waals surface area contributed by atoms with Gasteiger partial charge in [0.1, 0.15) is 5.75 Å². The van der Waals surface area contributed by atoms with Crippen molar-refractivity contribution in [2.24, 2.45) is 0 Å². The van der Waals surface area contributed by atoms with Gasteiger partial charge in [0.25, 0.3) is 5.91 Å². The fraction of sp³-hybridized carbons (Fsp3) is 0.0500. The summed E-state index contributed by atoms with van der Waals surface area (Å²) < 4.78 is 0. The lowest BCUT2D eigenvalue weighted by atomic mass is 10.0. The van der Waals surface area contributed by atoms with Crippen molar-refractivity contribution >= 4 is 17.2 Å². The highest BCUT2D eigenvalue weighted by molar-refractivity contribution is 6.04. The molecule has 0 saturated carbocycles. The van der Waals surface area contributed by atoms with Gasteiger partial charge < -0.3 is 10.4 Å². The minimum absolute atomic E-state index is 0.117. The second-order valence-corrected chi connectivity index (χ2v) is 5.09. The van der Waals surface area contributed by atoms with E-state index in [1.54, 1.807) is 36.4 Å². The molecular weight excluding hydrogens is 286 g/mol. The number of hydrogen-bond acceptors (Lipinski definition) is 2. The van der Waals surface area contributed by atoms with Gasteiger partial charge in [0.2, 0.25) is 0 Å². The Balaban J connectivity index is 2.20. The molecule has 0 fully saturated rings. The lowest BCUT2D eigenvalue weighted by Gasteiger charge is -2.09. The van der Waals surface area contributed by atoms with Crippen LogP contribution in [0, 0.1) is 6.92 Å². The van der Waals surface area contributed by atoms with Crippen molar-refractivity contribution in [1.29, 1.82) is 0 Å². The summed E-state index contributed by atoms with van der Waals surface area (Å²) in [5.41, 5.74) is 3.92. The number of anilines is 1. The summed E-state index contributed by atoms with van der Waals surface area (Å²) in [7, 11) is 0. The van der Waals surface area contributed by atoms with E-state index >= 15 is 0 Å². The number of carbonyl (C=O) groups excluding carboxylic acids is 1. The van der Waals surface area contributed by atoms with Crippen LogP contribution in [0.4, 0.5) is 5.69 Å². The van der Waals surface area contributed by atoms with E-state index < -0.39 is 0 Å². The van der Waals surface area contributed by atoms with Crippen molar-refractivity contribution in [2.75, 3.05) is 5.32 Å². The monoisotopic (exact) mass is 305 g/mol. The first-order valence-electron chi connectivity index (χ1n) is 7.21. The summed E-state index contributed by atoms with van der Waals surface area (Å²) in [6, 6.07) is 12.1. The Morgan fingerprint density at radius 3 is 2.35 bits per heavy atom. The van der Waals surface area contributed by atoms with E-state index in [0.717, 1.165) is 16.7 Å². The van der Waals surface area contributed by atoms with Crippen LogP contribution in [-0.4, -0.2) is 11.0 Å². The van der Waals surface area contributed by atoms with E-state index in [9.17, 15) is 9.90 Å². The van der Waals surface area contributed by atoms with Crippen LogP contribution in [-0.2, 0) is 0 Å². The smallest absolute Gasteiger partial charge is 0.255 e. The maximum atomic E-state index is 12.3. The van der Waals surface area contributed by atoms with Crippen molar-refractivity contribution in [1.82, 2.24) is 0 Å². The Hall–Kier alpha value is -3.07. The van der Waals surface area contributed by atoms with Gasteiger partial charge in [-0.15, -0.1) is 0 Å². The topological polar surface area (TPSA) is 49.3 Å². The number of phenolic OH excluding ortho intramolecular Hbond substituents is 1. The molecule has 0 aliphatic heterocycles. The maximum Gasteiger partial charge on any atom is 0.255 e. The molecule has 2 aromatic rings. The lowest BCUT2D eigenvalue weighted by molar-refractivity contribution is 0.102. The summed E-state index contributed by atoms with van der Waals surface area (Å²) in [6.45, 7) is 9.31. The summed E-state index contributed by atoms with van der Waals surface area (Å²) in [4.78, 5) is 12.3. The Morgan fingerprint density at radius 2 is 1.74 bits per heavy atom. The van der Waals surface area contributed by atoms with Crippen LogP contribution in [0.2, 0.25) is 0 Å². The zero-order valence-electron chi connectivity index (χ0n) is 13.0. The van der Waals surface area contributed by atoms with Crippen molar-refractivity contribution in [2.45, 2.75) is 6.92 Å². The molecule has 2 rings (SSSR count). The van der Waals surface area contributed by atoms with Gasteiger partial charge in [-0.3, -0.25) is 4.79 Å². The summed E-state index contributed by atoms with van der Waals surface area (Å²) in [5.74, 6) is -0.107. The number of aryl methyl sites for hydroxylation is 1. The molecule has 0 bridgehead atoms. The first-order chi connectivity index (χ1) is 11.0. The zero-order valence-corrected chi connectivity index (χ0v) is 13.0. The molecular formula is C20H19NO2. The number of amides is 1. The Kier molecular flexibility index (Phi) is 5.15. The predicted molar refractivity (Wildman–Crippen MR) is 95.6 cm³/mol. The second kappa shape index (κ2) is 7.27. The van der Waals surface area contributed by atoms with Gasteiger partial charge in [-0.25, -0.2) is 0 Å². The molecule has 0 atom stereocenters. The highest BCUT2D eigenvalue weighted by Gasteiger charge is 2.09. The van der Waals surface area contributed by atoms with Crippen molar-refractivity contribution in [3.05, 3.63) is 90.5 Å². The molecule has 0 aromatic heterocycles. The quantitative estimate of drug-likeness (QED) is 0.786. The first-order valence-corrected chi connectivity index (χ1v) is 7.21. The lowest BCUT2D eigenvalue weighted by Crippen LogP contribution is -2.12. The van der Waals surface area contributed by atoms with Gasteiger partial charge in [-0.05, 0) is 41.8 Å². The number of carbonyl (C=O) groups is 1. The Bertz CT molecular complexity index is 771. The van der Waals surface area contributed by atoms with Crippen LogP contribution in [0.25, 0.3) is 5.57 Å². The molecule has 0 unspecified atom stereocenters. The standard InChI is InChI=1S/C20H19NO2/c1-4-6-15(5-2)16-8-10-17(11-9-16)20(23)21-19-13-18(22)12-7-14(19)3/h4-13,22H,1-2H2,3H3,(H,21,23)/b15-6+. The van der Waals surface area contributed by atoms with Crippen LogP contribution in [0.3, 0.4) is 0 Å². The highest BCUT2D eigenvalue weighted by Crippen LogP contribution is 2.22. The molecule has 3 heteroatoms. The van der Waals surface area contributed by atoms with E-state index in [-0.39, 0.29) is 11.7 Å². The van der Waals surface area contributed by atoms with Crippen LogP contribution >= 0.6 is 0 Å². The van der Waals surface area contributed by atoms with E-state index in [1.165, 1.54) is 6.07 Å². The van der Waals surface area contributed by atoms with Gasteiger partial charge >= 0.3 is 0 Å². The molecule has 0 radical (unpaired) electrons. The van der Waals surface area contributed by atoms with Crippen molar-refractivity contribution < 1.29 is 9.90 Å². The number of benzene rings is 2. The van der Waals surface area contributed by atoms with E-state index in [2.05, 4.69) is 18.5 Å². The molecule has 23 heavy (non-hydrogen) atoms. The average Bonchev–Trinajstić information content (AvgIpc) is 2.56. The zero-order chi connectivity index (χ0) is 16.8. The van der Waals surface area contributed by atoms with E-state index in [4.69, 9.17) is 0 Å². The molecule has 3 nitrogen and oxygen atoms in total. The molecule has 116 valence electrons. The molecule has 0 spiro atoms. The maximum absolute atomic E-state index is 12.3. The largest absolute Gasteiger partial charge is 0.508 e. The summed E-state index contributed by atoms with van der Waals surface area (Å²) in [6.07, 6.45) is 5.30. The summed E-state index contributed by atoms with van der Waals surface area (Å²) >= 11 is 0. The van der Waals surface area contributed by atoms with Crippen molar-refractivity contribution in [3.8, 4) is 5.75 Å². The molecule has 2 aromatic carbocycles. The van der Waals surface area contributed by atoms with Gasteiger partial charge in [-0.1, -0.05) is 49.6 Å². The van der Waals surface area contributed by atoms with Crippen LogP contribution in [0.15, 0.2) is 73.9 Å². The molecule has 0 heterocycles. The average molecular weight is 305 g/mol. The Morgan fingerprint density at radius 1 is 1.09 bits per heavy atom. The minimum atomic E-state index is -0.224. The van der Waals surface area contributed by atoms with Gasteiger partial charge in [0.15, 0.2) is 0 Å². The fourth-order valence-electron chi connectivity index (χ4n) is 2.16.